The van der Waals surface area contributed by atoms with Gasteiger partial charge >= 0.3 is 0 Å². The number of aromatic nitrogens is 4. The highest BCUT2D eigenvalue weighted by atomic mass is 15.3. The maximum absolute atomic E-state index is 8.09. The van der Waals surface area contributed by atoms with E-state index >= 15 is 0 Å². The molecule has 0 saturated heterocycles. The first-order chi connectivity index (χ1) is 16.0. The Morgan fingerprint density at radius 2 is 1.48 bits per heavy atom. The van der Waals surface area contributed by atoms with Crippen LogP contribution in [0.5, 0.6) is 0 Å². The molecule has 0 N–H and O–H groups in total. The average molecular weight is 411 g/mol. The summed E-state index contributed by atoms with van der Waals surface area (Å²) in [5.74, 6) is 0. The fraction of sp³-hybridized carbons (Fsp3) is 0.259. The number of aryl methyl sites for hydroxylation is 3. The van der Waals surface area contributed by atoms with Gasteiger partial charge in [-0.25, -0.2) is 9.97 Å². The molecule has 5 aromatic rings. The molecule has 2 aromatic heterocycles. The first-order valence-corrected chi connectivity index (χ1v) is 10.5. The van der Waals surface area contributed by atoms with E-state index in [9.17, 15) is 0 Å². The van der Waals surface area contributed by atoms with Gasteiger partial charge in [-0.1, -0.05) is 61.9 Å². The zero-order valence-corrected chi connectivity index (χ0v) is 18.5. The Morgan fingerprint density at radius 1 is 0.871 bits per heavy atom. The Morgan fingerprint density at radius 3 is 2.13 bits per heavy atom. The SMILES string of the molecule is [2H]C([2H])([2H])c1n[n+](C)c(-c2cc(C(C)(C)C)c3ccccc3c2C)c2nc3ccccc3nc12. The van der Waals surface area contributed by atoms with Crippen LogP contribution in [0, 0.1) is 13.8 Å². The summed E-state index contributed by atoms with van der Waals surface area (Å²) in [5.41, 5.74) is 6.13. The van der Waals surface area contributed by atoms with Crippen LogP contribution >= 0.6 is 0 Å². The molecule has 5 rings (SSSR count). The van der Waals surface area contributed by atoms with Crippen molar-refractivity contribution in [3.63, 3.8) is 0 Å². The minimum Gasteiger partial charge on any atom is -0.242 e. The largest absolute Gasteiger partial charge is 0.266 e. The molecule has 31 heavy (non-hydrogen) atoms. The third-order valence-electron chi connectivity index (χ3n) is 5.97. The smallest absolute Gasteiger partial charge is 0.242 e. The van der Waals surface area contributed by atoms with Gasteiger partial charge in [0.1, 0.15) is 11.2 Å². The molecular weight excluding hydrogens is 380 g/mol. The van der Waals surface area contributed by atoms with Crippen LogP contribution in [-0.4, -0.2) is 15.1 Å². The number of fused-ring (bicyclic) bond motifs is 3. The monoisotopic (exact) mass is 410 g/mol. The Labute approximate surface area is 186 Å². The first-order valence-electron chi connectivity index (χ1n) is 12.0. The molecular formula is C27H27N4+. The van der Waals surface area contributed by atoms with E-state index in [2.05, 4.69) is 57.1 Å². The van der Waals surface area contributed by atoms with Gasteiger partial charge in [-0.3, -0.25) is 0 Å². The molecule has 4 heteroatoms. The van der Waals surface area contributed by atoms with Gasteiger partial charge in [-0.15, -0.1) is 0 Å². The Kier molecular flexibility index (Phi) is 3.58. The standard InChI is InChI=1S/C27H27N4/c1-16-18-11-7-8-12-19(18)21(27(3,4)5)15-20(16)26-25-24(17(2)30-31(26)6)28-22-13-9-10-14-23(22)29-25/h7-15H,1-6H3/q+1/i2D3. The van der Waals surface area contributed by atoms with Crippen molar-refractivity contribution in [1.82, 2.24) is 15.1 Å². The lowest BCUT2D eigenvalue weighted by atomic mass is 9.80. The van der Waals surface area contributed by atoms with Crippen LogP contribution in [0.15, 0.2) is 54.6 Å². The molecule has 0 radical (unpaired) electrons. The average Bonchev–Trinajstić information content (AvgIpc) is 2.77. The zero-order valence-electron chi connectivity index (χ0n) is 21.5. The van der Waals surface area contributed by atoms with Crippen molar-refractivity contribution >= 4 is 32.8 Å². The molecule has 0 unspecified atom stereocenters. The predicted molar refractivity (Wildman–Crippen MR) is 127 cm³/mol. The van der Waals surface area contributed by atoms with Crippen LogP contribution < -0.4 is 4.68 Å². The minimum atomic E-state index is -2.42. The molecule has 0 amide bonds. The Balaban J connectivity index is 1.98. The van der Waals surface area contributed by atoms with Crippen LogP contribution in [0.2, 0.25) is 0 Å². The number of rotatable bonds is 1. The van der Waals surface area contributed by atoms with E-state index in [4.69, 9.17) is 14.1 Å². The fourth-order valence-electron chi connectivity index (χ4n) is 4.42. The molecule has 3 aromatic carbocycles. The lowest BCUT2D eigenvalue weighted by molar-refractivity contribution is -0.719. The lowest BCUT2D eigenvalue weighted by Crippen LogP contribution is -2.37. The van der Waals surface area contributed by atoms with Gasteiger partial charge in [-0.2, -0.15) is 0 Å². The van der Waals surface area contributed by atoms with Crippen molar-refractivity contribution in [2.24, 2.45) is 7.05 Å². The van der Waals surface area contributed by atoms with Crippen molar-refractivity contribution in [2.75, 3.05) is 0 Å². The van der Waals surface area contributed by atoms with Gasteiger partial charge < -0.3 is 0 Å². The molecule has 0 spiro atoms. The van der Waals surface area contributed by atoms with E-state index in [1.807, 2.05) is 30.3 Å². The summed E-state index contributed by atoms with van der Waals surface area (Å²) >= 11 is 0. The quantitative estimate of drug-likeness (QED) is 0.261. The van der Waals surface area contributed by atoms with Crippen molar-refractivity contribution in [1.29, 1.82) is 0 Å². The molecule has 0 aliphatic heterocycles. The van der Waals surface area contributed by atoms with Crippen molar-refractivity contribution in [3.8, 4) is 11.3 Å². The van der Waals surface area contributed by atoms with Gasteiger partial charge in [0.05, 0.1) is 16.6 Å². The summed E-state index contributed by atoms with van der Waals surface area (Å²) < 4.78 is 25.9. The van der Waals surface area contributed by atoms with Gasteiger partial charge in [-0.05, 0) is 64.4 Å². The second-order valence-corrected chi connectivity index (χ2v) is 9.12. The van der Waals surface area contributed by atoms with E-state index in [1.54, 1.807) is 11.7 Å². The van der Waals surface area contributed by atoms with Crippen LogP contribution in [0.3, 0.4) is 0 Å². The van der Waals surface area contributed by atoms with E-state index in [1.165, 1.54) is 10.9 Å². The molecule has 0 aliphatic carbocycles. The summed E-state index contributed by atoms with van der Waals surface area (Å²) in [6.45, 7) is 6.29. The lowest BCUT2D eigenvalue weighted by Gasteiger charge is -2.23. The Bertz CT molecular complexity index is 1600. The number of nitrogens with zero attached hydrogens (tertiary/aromatic N) is 4. The van der Waals surface area contributed by atoms with Crippen molar-refractivity contribution < 1.29 is 8.79 Å². The van der Waals surface area contributed by atoms with E-state index in [0.717, 1.165) is 22.2 Å². The van der Waals surface area contributed by atoms with Crippen LogP contribution in [0.1, 0.15) is 41.7 Å². The molecule has 0 saturated carbocycles. The minimum absolute atomic E-state index is 0.0403. The predicted octanol–water partition coefficient (Wildman–Crippen LogP) is 5.74. The highest BCUT2D eigenvalue weighted by Crippen LogP contribution is 2.38. The highest BCUT2D eigenvalue weighted by molar-refractivity contribution is 5.99. The summed E-state index contributed by atoms with van der Waals surface area (Å²) in [6.07, 6.45) is 0. The highest BCUT2D eigenvalue weighted by Gasteiger charge is 2.27. The van der Waals surface area contributed by atoms with E-state index < -0.39 is 6.85 Å². The molecule has 0 fully saturated rings. The fourth-order valence-corrected chi connectivity index (χ4v) is 4.42. The van der Waals surface area contributed by atoms with Gasteiger partial charge in [0.25, 0.3) is 5.69 Å². The first kappa shape index (κ1) is 16.3. The summed E-state index contributed by atoms with van der Waals surface area (Å²) in [5, 5.41) is 6.89. The second kappa shape index (κ2) is 6.81. The second-order valence-electron chi connectivity index (χ2n) is 9.12. The van der Waals surface area contributed by atoms with Gasteiger partial charge in [0, 0.05) is 4.11 Å². The molecule has 154 valence electrons. The zero-order chi connectivity index (χ0) is 24.4. The number of hydrogen-bond acceptors (Lipinski definition) is 3. The number of para-hydroxylation sites is 2. The van der Waals surface area contributed by atoms with Crippen LogP contribution in [-0.2, 0) is 12.5 Å². The van der Waals surface area contributed by atoms with Crippen LogP contribution in [0.25, 0.3) is 44.1 Å². The molecule has 4 nitrogen and oxygen atoms in total. The van der Waals surface area contributed by atoms with E-state index in [-0.39, 0.29) is 11.1 Å². The summed E-state index contributed by atoms with van der Waals surface area (Å²) in [4.78, 5) is 9.66. The molecule has 2 heterocycles. The van der Waals surface area contributed by atoms with Gasteiger partial charge in [0.15, 0.2) is 12.6 Å². The third-order valence-corrected chi connectivity index (χ3v) is 5.97. The molecule has 0 bridgehead atoms. The van der Waals surface area contributed by atoms with Gasteiger partial charge in [0.2, 0.25) is 0 Å². The van der Waals surface area contributed by atoms with Crippen molar-refractivity contribution in [2.45, 2.75) is 40.0 Å². The van der Waals surface area contributed by atoms with E-state index in [0.29, 0.717) is 22.1 Å². The summed E-state index contributed by atoms with van der Waals surface area (Å²) in [7, 11) is 1.78. The maximum Gasteiger partial charge on any atom is 0.266 e. The molecule has 0 atom stereocenters. The third kappa shape index (κ3) is 3.05. The molecule has 0 aliphatic rings. The normalized spacial score (nSPS) is 14.0. The number of benzene rings is 3. The van der Waals surface area contributed by atoms with Crippen molar-refractivity contribution in [3.05, 3.63) is 71.4 Å². The number of hydrogen-bond donors (Lipinski definition) is 0. The topological polar surface area (TPSA) is 42.5 Å². The summed E-state index contributed by atoms with van der Waals surface area (Å²) in [6, 6.07) is 18.1. The Hall–Kier alpha value is -3.40. The van der Waals surface area contributed by atoms with Crippen LogP contribution in [0.4, 0.5) is 0 Å². The maximum atomic E-state index is 8.09.